The molecule has 0 unspecified atom stereocenters. The highest BCUT2D eigenvalue weighted by molar-refractivity contribution is 5.93. The minimum Gasteiger partial charge on any atom is -0.326 e. The van der Waals surface area contributed by atoms with Crippen LogP contribution < -0.4 is 16.2 Å². The first-order chi connectivity index (χ1) is 13.9. The van der Waals surface area contributed by atoms with Crippen molar-refractivity contribution < 1.29 is 9.59 Å². The first-order valence-electron chi connectivity index (χ1n) is 9.45. The van der Waals surface area contributed by atoms with Crippen LogP contribution in [0, 0.1) is 0 Å². The maximum Gasteiger partial charge on any atom is 0.252 e. The van der Waals surface area contributed by atoms with E-state index in [-0.39, 0.29) is 23.9 Å². The highest BCUT2D eigenvalue weighted by atomic mass is 16.2. The van der Waals surface area contributed by atoms with Crippen LogP contribution in [-0.2, 0) is 16.1 Å². The van der Waals surface area contributed by atoms with Crippen LogP contribution in [-0.4, -0.2) is 34.8 Å². The molecule has 0 fully saturated rings. The molecular formula is C22H24N4O3. The molecule has 1 heterocycles. The largest absolute Gasteiger partial charge is 0.326 e. The maximum absolute atomic E-state index is 12.4. The summed E-state index contributed by atoms with van der Waals surface area (Å²) in [4.78, 5) is 40.6. The Hall–Kier alpha value is -3.45. The Bertz CT molecular complexity index is 1070. The van der Waals surface area contributed by atoms with Gasteiger partial charge < -0.3 is 15.6 Å². The molecule has 150 valence electrons. The predicted molar refractivity (Wildman–Crippen MR) is 115 cm³/mol. The van der Waals surface area contributed by atoms with E-state index in [1.165, 1.54) is 6.92 Å². The third-order valence-electron chi connectivity index (χ3n) is 4.53. The summed E-state index contributed by atoms with van der Waals surface area (Å²) in [6.45, 7) is 4.56. The van der Waals surface area contributed by atoms with Gasteiger partial charge >= 0.3 is 0 Å². The molecule has 7 heteroatoms. The number of hydrogen-bond donors (Lipinski definition) is 3. The van der Waals surface area contributed by atoms with Crippen molar-refractivity contribution in [3.05, 3.63) is 70.5 Å². The summed E-state index contributed by atoms with van der Waals surface area (Å²) in [7, 11) is 0. The molecule has 0 aliphatic rings. The Morgan fingerprint density at radius 2 is 1.66 bits per heavy atom. The molecule has 3 N–H and O–H groups in total. The summed E-state index contributed by atoms with van der Waals surface area (Å²) >= 11 is 0. The molecule has 0 saturated carbocycles. The molecule has 2 amide bonds. The van der Waals surface area contributed by atoms with Gasteiger partial charge in [0.15, 0.2) is 0 Å². The van der Waals surface area contributed by atoms with Crippen molar-refractivity contribution in [1.29, 1.82) is 0 Å². The van der Waals surface area contributed by atoms with Gasteiger partial charge in [0, 0.05) is 35.9 Å². The van der Waals surface area contributed by atoms with Crippen molar-refractivity contribution in [2.24, 2.45) is 0 Å². The summed E-state index contributed by atoms with van der Waals surface area (Å²) in [5.41, 5.74) is 2.59. The van der Waals surface area contributed by atoms with Crippen molar-refractivity contribution in [1.82, 2.24) is 9.88 Å². The predicted octanol–water partition coefficient (Wildman–Crippen LogP) is 2.95. The van der Waals surface area contributed by atoms with Gasteiger partial charge in [-0.2, -0.15) is 0 Å². The number of amides is 2. The van der Waals surface area contributed by atoms with Crippen LogP contribution in [0.5, 0.6) is 0 Å². The molecule has 0 spiro atoms. The van der Waals surface area contributed by atoms with Gasteiger partial charge in [-0.25, -0.2) is 0 Å². The van der Waals surface area contributed by atoms with Crippen LogP contribution in [0.25, 0.3) is 10.9 Å². The standard InChI is InChI=1S/C22H24N4O3/c1-3-26(13-17-12-16-6-4-5-7-20(16)25-22(17)29)14-21(28)24-19-10-8-18(9-11-19)23-15(2)27/h4-12H,3,13-14H2,1-2H3,(H,23,27)(H,24,28)(H,25,29). The van der Waals surface area contributed by atoms with E-state index in [1.807, 2.05) is 42.2 Å². The number of carbonyl (C=O) groups excluding carboxylic acids is 2. The smallest absolute Gasteiger partial charge is 0.252 e. The number of carbonyl (C=O) groups is 2. The number of likely N-dealkylation sites (N-methyl/N-ethyl adjacent to an activating group) is 1. The van der Waals surface area contributed by atoms with E-state index in [0.717, 1.165) is 10.9 Å². The Kier molecular flexibility index (Phi) is 6.41. The normalized spacial score (nSPS) is 10.9. The number of H-pyrrole nitrogens is 1. The molecule has 3 rings (SSSR count). The minimum absolute atomic E-state index is 0.142. The number of fused-ring (bicyclic) bond motifs is 1. The Morgan fingerprint density at radius 1 is 1.00 bits per heavy atom. The number of rotatable bonds is 7. The maximum atomic E-state index is 12.4. The van der Waals surface area contributed by atoms with E-state index in [9.17, 15) is 14.4 Å². The Morgan fingerprint density at radius 3 is 2.31 bits per heavy atom. The zero-order chi connectivity index (χ0) is 20.8. The van der Waals surface area contributed by atoms with E-state index in [1.54, 1.807) is 24.3 Å². The van der Waals surface area contributed by atoms with Crippen LogP contribution in [0.3, 0.4) is 0 Å². The van der Waals surface area contributed by atoms with Gasteiger partial charge in [0.2, 0.25) is 11.8 Å². The first-order valence-corrected chi connectivity index (χ1v) is 9.45. The Balaban J connectivity index is 1.63. The van der Waals surface area contributed by atoms with Crippen LogP contribution in [0.15, 0.2) is 59.4 Å². The van der Waals surface area contributed by atoms with Crippen molar-refractivity contribution >= 4 is 34.1 Å². The fourth-order valence-electron chi connectivity index (χ4n) is 3.07. The summed E-state index contributed by atoms with van der Waals surface area (Å²) in [6, 6.07) is 16.4. The van der Waals surface area contributed by atoms with Crippen LogP contribution >= 0.6 is 0 Å². The number of pyridine rings is 1. The highest BCUT2D eigenvalue weighted by Crippen LogP contribution is 2.14. The number of benzene rings is 2. The second-order valence-electron chi connectivity index (χ2n) is 6.82. The zero-order valence-electron chi connectivity index (χ0n) is 16.5. The second-order valence-corrected chi connectivity index (χ2v) is 6.82. The molecule has 0 atom stereocenters. The number of aromatic nitrogens is 1. The lowest BCUT2D eigenvalue weighted by molar-refractivity contribution is -0.117. The third kappa shape index (κ3) is 5.52. The molecule has 0 aliphatic carbocycles. The molecule has 2 aromatic carbocycles. The number of nitrogens with zero attached hydrogens (tertiary/aromatic N) is 1. The average Bonchev–Trinajstić information content (AvgIpc) is 2.69. The van der Waals surface area contributed by atoms with Crippen molar-refractivity contribution in [2.45, 2.75) is 20.4 Å². The summed E-state index contributed by atoms with van der Waals surface area (Å²) in [5, 5.41) is 6.48. The number of para-hydroxylation sites is 1. The van der Waals surface area contributed by atoms with Gasteiger partial charge in [0.25, 0.3) is 5.56 Å². The number of hydrogen-bond acceptors (Lipinski definition) is 4. The van der Waals surface area contributed by atoms with Gasteiger partial charge in [-0.1, -0.05) is 25.1 Å². The van der Waals surface area contributed by atoms with Gasteiger partial charge in [-0.15, -0.1) is 0 Å². The van der Waals surface area contributed by atoms with Crippen molar-refractivity contribution in [3.63, 3.8) is 0 Å². The van der Waals surface area contributed by atoms with Crippen LogP contribution in [0.2, 0.25) is 0 Å². The van der Waals surface area contributed by atoms with Gasteiger partial charge in [-0.05, 0) is 48.3 Å². The highest BCUT2D eigenvalue weighted by Gasteiger charge is 2.13. The molecule has 0 radical (unpaired) electrons. The molecule has 0 aliphatic heterocycles. The number of anilines is 2. The molecule has 3 aromatic rings. The number of aromatic amines is 1. The summed E-state index contributed by atoms with van der Waals surface area (Å²) < 4.78 is 0. The SMILES string of the molecule is CCN(CC(=O)Nc1ccc(NC(C)=O)cc1)Cc1cc2ccccc2[nH]c1=O. The lowest BCUT2D eigenvalue weighted by atomic mass is 10.1. The minimum atomic E-state index is -0.170. The summed E-state index contributed by atoms with van der Waals surface area (Å²) in [6.07, 6.45) is 0. The van der Waals surface area contributed by atoms with Gasteiger partial charge in [0.05, 0.1) is 6.54 Å². The monoisotopic (exact) mass is 392 g/mol. The third-order valence-corrected chi connectivity index (χ3v) is 4.53. The Labute approximate surface area is 168 Å². The van der Waals surface area contributed by atoms with Gasteiger partial charge in [-0.3, -0.25) is 19.3 Å². The lowest BCUT2D eigenvalue weighted by Crippen LogP contribution is -2.34. The van der Waals surface area contributed by atoms with E-state index in [0.29, 0.717) is 30.0 Å². The zero-order valence-corrected chi connectivity index (χ0v) is 16.5. The van der Waals surface area contributed by atoms with E-state index >= 15 is 0 Å². The van der Waals surface area contributed by atoms with Crippen LogP contribution in [0.1, 0.15) is 19.4 Å². The molecule has 0 bridgehead atoms. The van der Waals surface area contributed by atoms with Crippen LogP contribution in [0.4, 0.5) is 11.4 Å². The lowest BCUT2D eigenvalue weighted by Gasteiger charge is -2.20. The molecular weight excluding hydrogens is 368 g/mol. The molecule has 7 nitrogen and oxygen atoms in total. The average molecular weight is 392 g/mol. The molecule has 1 aromatic heterocycles. The van der Waals surface area contributed by atoms with Crippen molar-refractivity contribution in [3.8, 4) is 0 Å². The van der Waals surface area contributed by atoms with E-state index in [4.69, 9.17) is 0 Å². The molecule has 29 heavy (non-hydrogen) atoms. The fraction of sp³-hybridized carbons (Fsp3) is 0.227. The van der Waals surface area contributed by atoms with E-state index < -0.39 is 0 Å². The van der Waals surface area contributed by atoms with E-state index in [2.05, 4.69) is 15.6 Å². The topological polar surface area (TPSA) is 94.3 Å². The second kappa shape index (κ2) is 9.16. The first kappa shape index (κ1) is 20.3. The molecule has 0 saturated heterocycles. The number of nitrogens with one attached hydrogen (secondary N) is 3. The quantitative estimate of drug-likeness (QED) is 0.576. The van der Waals surface area contributed by atoms with Crippen molar-refractivity contribution in [2.75, 3.05) is 23.7 Å². The fourth-order valence-corrected chi connectivity index (χ4v) is 3.07. The van der Waals surface area contributed by atoms with Gasteiger partial charge in [0.1, 0.15) is 0 Å². The summed E-state index contributed by atoms with van der Waals surface area (Å²) in [5.74, 6) is -0.319.